The van der Waals surface area contributed by atoms with Crippen LogP contribution >= 0.6 is 0 Å². The van der Waals surface area contributed by atoms with Crippen LogP contribution in [0.15, 0.2) is 76.4 Å². The highest BCUT2D eigenvalue weighted by Gasteiger charge is 2.43. The zero-order valence-corrected chi connectivity index (χ0v) is 18.4. The van der Waals surface area contributed by atoms with Crippen LogP contribution < -0.4 is 11.2 Å². The molecule has 180 valence electrons. The maximum atomic E-state index is 12.7. The topological polar surface area (TPSA) is 155 Å². The minimum absolute atomic E-state index is 0.0333. The fourth-order valence-electron chi connectivity index (χ4n) is 4.20. The number of aliphatic hydroxyl groups excluding tert-OH is 3. The third kappa shape index (κ3) is 4.21. The van der Waals surface area contributed by atoms with Crippen LogP contribution in [0.2, 0.25) is 0 Å². The van der Waals surface area contributed by atoms with E-state index >= 15 is 0 Å². The first kappa shape index (κ1) is 22.9. The molecule has 0 unspecified atom stereocenters. The normalized spacial score (nSPS) is 21.9. The number of rotatable bonds is 6. The van der Waals surface area contributed by atoms with E-state index in [1.807, 2.05) is 60.7 Å². The fourth-order valence-corrected chi connectivity index (χ4v) is 4.20. The molecule has 0 radical (unpaired) electrons. The standard InChI is InChI=1S/C24H23N5O6/c30-13-17-20(31)21(32)23(35-17)28-11-16(22(33)25-24(28)34)12-29-19(15-9-5-2-6-10-15)18(26-27-29)14-7-3-1-4-8-14/h1-11,17,20-21,23,30-32H,12-13H2,(H,25,33,34)/t17-,20-,21-,23-/m1/s1. The van der Waals surface area contributed by atoms with E-state index in [9.17, 15) is 24.9 Å². The Morgan fingerprint density at radius 3 is 2.23 bits per heavy atom. The third-order valence-electron chi connectivity index (χ3n) is 5.98. The van der Waals surface area contributed by atoms with Crippen LogP contribution in [-0.4, -0.2) is 64.8 Å². The molecule has 0 aliphatic carbocycles. The van der Waals surface area contributed by atoms with Gasteiger partial charge >= 0.3 is 5.69 Å². The molecule has 11 heteroatoms. The molecule has 1 fully saturated rings. The number of ether oxygens (including phenoxy) is 1. The Bertz CT molecular complexity index is 1430. The Hall–Kier alpha value is -3.90. The number of aliphatic hydroxyl groups is 3. The molecule has 1 saturated heterocycles. The Balaban J connectivity index is 1.57. The van der Waals surface area contributed by atoms with Crippen LogP contribution in [0, 0.1) is 0 Å². The predicted molar refractivity (Wildman–Crippen MR) is 124 cm³/mol. The zero-order valence-electron chi connectivity index (χ0n) is 18.4. The summed E-state index contributed by atoms with van der Waals surface area (Å²) in [5.74, 6) is 0. The van der Waals surface area contributed by atoms with E-state index in [2.05, 4.69) is 15.3 Å². The van der Waals surface area contributed by atoms with Gasteiger partial charge in [-0.05, 0) is 0 Å². The molecule has 0 amide bonds. The number of benzene rings is 2. The molecule has 0 spiro atoms. The Morgan fingerprint density at radius 1 is 0.943 bits per heavy atom. The predicted octanol–water partition coefficient (Wildman–Crippen LogP) is 0.122. The van der Waals surface area contributed by atoms with Crippen LogP contribution in [0.25, 0.3) is 22.5 Å². The largest absolute Gasteiger partial charge is 0.394 e. The molecule has 4 aromatic rings. The first-order valence-electron chi connectivity index (χ1n) is 11.0. The van der Waals surface area contributed by atoms with Gasteiger partial charge in [-0.2, -0.15) is 0 Å². The van der Waals surface area contributed by atoms with Crippen molar-refractivity contribution in [3.63, 3.8) is 0 Å². The maximum absolute atomic E-state index is 12.7. The molecule has 3 heterocycles. The first-order chi connectivity index (χ1) is 17.0. The highest BCUT2D eigenvalue weighted by Crippen LogP contribution is 2.31. The smallest absolute Gasteiger partial charge is 0.330 e. The monoisotopic (exact) mass is 477 g/mol. The van der Waals surface area contributed by atoms with Gasteiger partial charge in [0.1, 0.15) is 24.0 Å². The number of nitrogens with one attached hydrogen (secondary N) is 1. The third-order valence-corrected chi connectivity index (χ3v) is 5.98. The molecule has 2 aromatic carbocycles. The van der Waals surface area contributed by atoms with Gasteiger partial charge in [-0.1, -0.05) is 65.9 Å². The van der Waals surface area contributed by atoms with Crippen molar-refractivity contribution in [1.29, 1.82) is 0 Å². The summed E-state index contributed by atoms with van der Waals surface area (Å²) in [4.78, 5) is 27.4. The second-order valence-corrected chi connectivity index (χ2v) is 8.23. The molecule has 4 N–H and O–H groups in total. The van der Waals surface area contributed by atoms with E-state index in [0.717, 1.165) is 15.7 Å². The number of hydrogen-bond acceptors (Lipinski definition) is 8. The van der Waals surface area contributed by atoms with Gasteiger partial charge in [-0.25, -0.2) is 9.48 Å². The molecule has 1 aliphatic rings. The Morgan fingerprint density at radius 2 is 1.60 bits per heavy atom. The summed E-state index contributed by atoms with van der Waals surface area (Å²) in [5, 5.41) is 38.4. The number of aromatic amines is 1. The second kappa shape index (κ2) is 9.39. The van der Waals surface area contributed by atoms with Crippen molar-refractivity contribution < 1.29 is 20.1 Å². The van der Waals surface area contributed by atoms with E-state index in [-0.39, 0.29) is 12.1 Å². The molecular formula is C24H23N5O6. The van der Waals surface area contributed by atoms with Crippen molar-refractivity contribution in [2.24, 2.45) is 0 Å². The molecule has 35 heavy (non-hydrogen) atoms. The molecule has 1 aliphatic heterocycles. The zero-order chi connectivity index (χ0) is 24.5. The van der Waals surface area contributed by atoms with Gasteiger partial charge in [0, 0.05) is 17.3 Å². The van der Waals surface area contributed by atoms with Gasteiger partial charge < -0.3 is 20.1 Å². The van der Waals surface area contributed by atoms with Crippen molar-refractivity contribution in [2.75, 3.05) is 6.61 Å². The van der Waals surface area contributed by atoms with Gasteiger partial charge in [0.15, 0.2) is 6.23 Å². The van der Waals surface area contributed by atoms with Gasteiger partial charge in [0.2, 0.25) is 0 Å². The summed E-state index contributed by atoms with van der Waals surface area (Å²) in [5.41, 5.74) is 1.71. The lowest BCUT2D eigenvalue weighted by Crippen LogP contribution is -2.39. The van der Waals surface area contributed by atoms with E-state index in [1.54, 1.807) is 4.68 Å². The van der Waals surface area contributed by atoms with Crippen molar-refractivity contribution in [3.05, 3.63) is 93.3 Å². The number of hydrogen-bond donors (Lipinski definition) is 4. The summed E-state index contributed by atoms with van der Waals surface area (Å²) in [6, 6.07) is 19.0. The Labute approximate surface area is 198 Å². The molecule has 0 saturated carbocycles. The highest BCUT2D eigenvalue weighted by atomic mass is 16.6. The summed E-state index contributed by atoms with van der Waals surface area (Å²) in [6.45, 7) is -0.574. The van der Waals surface area contributed by atoms with Crippen LogP contribution in [0.4, 0.5) is 0 Å². The maximum Gasteiger partial charge on any atom is 0.330 e. The van der Waals surface area contributed by atoms with Crippen molar-refractivity contribution in [1.82, 2.24) is 24.5 Å². The summed E-state index contributed by atoms with van der Waals surface area (Å²) >= 11 is 0. The SMILES string of the molecule is O=c1[nH]c(=O)n([C@@H]2O[C@H](CO)[C@@H](O)[C@H]2O)cc1Cn1nnc(-c2ccccc2)c1-c1ccccc1. The minimum Gasteiger partial charge on any atom is -0.394 e. The number of nitrogens with zero attached hydrogens (tertiary/aromatic N) is 4. The van der Waals surface area contributed by atoms with Crippen molar-refractivity contribution >= 4 is 0 Å². The summed E-state index contributed by atoms with van der Waals surface area (Å²) in [6.07, 6.45) is -3.94. The average Bonchev–Trinajstić information content (AvgIpc) is 3.42. The lowest BCUT2D eigenvalue weighted by Gasteiger charge is -2.18. The molecule has 0 bridgehead atoms. The Kier molecular flexibility index (Phi) is 6.14. The van der Waals surface area contributed by atoms with E-state index in [1.165, 1.54) is 6.20 Å². The van der Waals surface area contributed by atoms with Crippen LogP contribution in [-0.2, 0) is 11.3 Å². The van der Waals surface area contributed by atoms with Crippen molar-refractivity contribution in [2.45, 2.75) is 31.1 Å². The van der Waals surface area contributed by atoms with Gasteiger partial charge in [0.05, 0.1) is 24.4 Å². The average molecular weight is 477 g/mol. The lowest BCUT2D eigenvalue weighted by atomic mass is 10.0. The summed E-state index contributed by atoms with van der Waals surface area (Å²) in [7, 11) is 0. The highest BCUT2D eigenvalue weighted by molar-refractivity contribution is 5.77. The van der Waals surface area contributed by atoms with E-state index in [0.29, 0.717) is 11.4 Å². The van der Waals surface area contributed by atoms with Gasteiger partial charge in [-0.3, -0.25) is 14.3 Å². The minimum atomic E-state index is -1.47. The second-order valence-electron chi connectivity index (χ2n) is 8.23. The molecule has 4 atom stereocenters. The molecule has 5 rings (SSSR count). The number of aromatic nitrogens is 5. The van der Waals surface area contributed by atoms with Gasteiger partial charge in [-0.15, -0.1) is 5.10 Å². The summed E-state index contributed by atoms with van der Waals surface area (Å²) < 4.78 is 8.02. The lowest BCUT2D eigenvalue weighted by molar-refractivity contribution is -0.0551. The fraction of sp³-hybridized carbons (Fsp3) is 0.250. The van der Waals surface area contributed by atoms with Crippen LogP contribution in [0.1, 0.15) is 11.8 Å². The molecule has 2 aromatic heterocycles. The van der Waals surface area contributed by atoms with Crippen molar-refractivity contribution in [3.8, 4) is 22.5 Å². The van der Waals surface area contributed by atoms with Crippen LogP contribution in [0.3, 0.4) is 0 Å². The number of H-pyrrole nitrogens is 1. The molecule has 11 nitrogen and oxygen atoms in total. The van der Waals surface area contributed by atoms with Crippen LogP contribution in [0.5, 0.6) is 0 Å². The van der Waals surface area contributed by atoms with E-state index in [4.69, 9.17) is 4.74 Å². The molecular weight excluding hydrogens is 454 g/mol. The van der Waals surface area contributed by atoms with E-state index < -0.39 is 42.4 Å². The van der Waals surface area contributed by atoms with Gasteiger partial charge in [0.25, 0.3) is 5.56 Å². The quantitative estimate of drug-likeness (QED) is 0.305. The first-order valence-corrected chi connectivity index (χ1v) is 11.0.